The van der Waals surface area contributed by atoms with Crippen LogP contribution >= 0.6 is 0 Å². The second-order valence-electron chi connectivity index (χ2n) is 5.01. The lowest BCUT2D eigenvalue weighted by Gasteiger charge is -2.09. The van der Waals surface area contributed by atoms with E-state index in [1.165, 1.54) is 19.0 Å². The first-order valence-corrected chi connectivity index (χ1v) is 6.60. The van der Waals surface area contributed by atoms with E-state index in [0.717, 1.165) is 12.8 Å². The van der Waals surface area contributed by atoms with Crippen LogP contribution in [0.2, 0.25) is 0 Å². The lowest BCUT2D eigenvalue weighted by Crippen LogP contribution is -2.15. The van der Waals surface area contributed by atoms with Crippen molar-refractivity contribution in [2.45, 2.75) is 38.5 Å². The largest absolute Gasteiger partial charge is 0.481 e. The standard InChI is InChI=1S/C14H18N2O3/c17-13(7-10-3-1-2-4-10)16-12-6-5-11(15-9-12)8-14(18)19/h5-6,9-10H,1-4,7-8H2,(H,16,17)(H,18,19). The molecule has 0 spiro atoms. The van der Waals surface area contributed by atoms with Gasteiger partial charge in [-0.2, -0.15) is 0 Å². The van der Waals surface area contributed by atoms with Gasteiger partial charge in [0.1, 0.15) is 0 Å². The van der Waals surface area contributed by atoms with E-state index < -0.39 is 5.97 Å². The molecule has 1 amide bonds. The maximum absolute atomic E-state index is 11.8. The summed E-state index contributed by atoms with van der Waals surface area (Å²) >= 11 is 0. The molecule has 2 rings (SSSR count). The molecular formula is C14H18N2O3. The van der Waals surface area contributed by atoms with Crippen molar-refractivity contribution < 1.29 is 14.7 Å². The SMILES string of the molecule is O=C(O)Cc1ccc(NC(=O)CC2CCCC2)cn1. The Balaban J connectivity index is 1.84. The van der Waals surface area contributed by atoms with E-state index in [1.807, 2.05) is 0 Å². The van der Waals surface area contributed by atoms with Crippen LogP contribution in [-0.4, -0.2) is 22.0 Å². The van der Waals surface area contributed by atoms with Gasteiger partial charge in [0, 0.05) is 6.42 Å². The van der Waals surface area contributed by atoms with Gasteiger partial charge in [-0.1, -0.05) is 12.8 Å². The van der Waals surface area contributed by atoms with Crippen molar-refractivity contribution >= 4 is 17.6 Å². The summed E-state index contributed by atoms with van der Waals surface area (Å²) < 4.78 is 0. The molecule has 0 radical (unpaired) electrons. The summed E-state index contributed by atoms with van der Waals surface area (Å²) in [5.74, 6) is -0.385. The molecule has 0 aliphatic heterocycles. The minimum atomic E-state index is -0.912. The highest BCUT2D eigenvalue weighted by atomic mass is 16.4. The molecule has 0 saturated heterocycles. The minimum Gasteiger partial charge on any atom is -0.481 e. The van der Waals surface area contributed by atoms with Gasteiger partial charge in [0.25, 0.3) is 0 Å². The third kappa shape index (κ3) is 4.35. The number of hydrogen-bond donors (Lipinski definition) is 2. The Kier molecular flexibility index (Phi) is 4.49. The highest BCUT2D eigenvalue weighted by molar-refractivity contribution is 5.90. The van der Waals surface area contributed by atoms with Crippen molar-refractivity contribution in [3.8, 4) is 0 Å². The summed E-state index contributed by atoms with van der Waals surface area (Å²) in [5.41, 5.74) is 1.11. The van der Waals surface area contributed by atoms with Gasteiger partial charge in [0.2, 0.25) is 5.91 Å². The number of carboxylic acids is 1. The molecule has 2 N–H and O–H groups in total. The third-order valence-electron chi connectivity index (χ3n) is 3.39. The molecule has 1 aromatic heterocycles. The van der Waals surface area contributed by atoms with Crippen molar-refractivity contribution in [2.75, 3.05) is 5.32 Å². The van der Waals surface area contributed by atoms with Crippen LogP contribution in [0.25, 0.3) is 0 Å². The summed E-state index contributed by atoms with van der Waals surface area (Å²) in [6, 6.07) is 3.32. The number of nitrogens with zero attached hydrogens (tertiary/aromatic N) is 1. The number of carbonyl (C=O) groups excluding carboxylic acids is 1. The first kappa shape index (κ1) is 13.5. The zero-order valence-electron chi connectivity index (χ0n) is 10.8. The van der Waals surface area contributed by atoms with Crippen LogP contribution in [0, 0.1) is 5.92 Å². The normalized spacial score (nSPS) is 15.4. The molecule has 1 aliphatic rings. The fraction of sp³-hybridized carbons (Fsp3) is 0.500. The Morgan fingerprint density at radius 3 is 2.63 bits per heavy atom. The van der Waals surface area contributed by atoms with Crippen LogP contribution in [0.1, 0.15) is 37.8 Å². The third-order valence-corrected chi connectivity index (χ3v) is 3.39. The van der Waals surface area contributed by atoms with Gasteiger partial charge in [-0.3, -0.25) is 14.6 Å². The summed E-state index contributed by atoms with van der Waals surface area (Å²) in [7, 11) is 0. The van der Waals surface area contributed by atoms with Crippen LogP contribution in [0.15, 0.2) is 18.3 Å². The maximum atomic E-state index is 11.8. The lowest BCUT2D eigenvalue weighted by atomic mass is 10.0. The molecule has 5 heteroatoms. The molecule has 1 aromatic rings. The molecule has 1 aliphatic carbocycles. The maximum Gasteiger partial charge on any atom is 0.309 e. The number of rotatable bonds is 5. The summed E-state index contributed by atoms with van der Waals surface area (Å²) in [6.45, 7) is 0. The van der Waals surface area contributed by atoms with Gasteiger partial charge < -0.3 is 10.4 Å². The van der Waals surface area contributed by atoms with E-state index in [4.69, 9.17) is 5.11 Å². The van der Waals surface area contributed by atoms with Crippen molar-refractivity contribution in [3.63, 3.8) is 0 Å². The second-order valence-corrected chi connectivity index (χ2v) is 5.01. The molecule has 0 aromatic carbocycles. The molecule has 0 atom stereocenters. The number of anilines is 1. The average Bonchev–Trinajstić information content (AvgIpc) is 2.83. The zero-order valence-corrected chi connectivity index (χ0v) is 10.8. The Morgan fingerprint density at radius 2 is 2.05 bits per heavy atom. The molecule has 0 bridgehead atoms. The molecule has 5 nitrogen and oxygen atoms in total. The monoisotopic (exact) mass is 262 g/mol. The zero-order chi connectivity index (χ0) is 13.7. The fourth-order valence-corrected chi connectivity index (χ4v) is 2.45. The fourth-order valence-electron chi connectivity index (χ4n) is 2.45. The van der Waals surface area contributed by atoms with Gasteiger partial charge in [0.15, 0.2) is 0 Å². The van der Waals surface area contributed by atoms with Crippen LogP contribution in [0.3, 0.4) is 0 Å². The number of pyridine rings is 1. The van der Waals surface area contributed by atoms with Crippen molar-refractivity contribution in [1.82, 2.24) is 4.98 Å². The van der Waals surface area contributed by atoms with Crippen LogP contribution in [-0.2, 0) is 16.0 Å². The Bertz CT molecular complexity index is 450. The van der Waals surface area contributed by atoms with Gasteiger partial charge in [-0.15, -0.1) is 0 Å². The Hall–Kier alpha value is -1.91. The molecular weight excluding hydrogens is 244 g/mol. The molecule has 102 valence electrons. The van der Waals surface area contributed by atoms with Crippen LogP contribution < -0.4 is 5.32 Å². The molecule has 1 saturated carbocycles. The summed E-state index contributed by atoms with van der Waals surface area (Å²) in [5, 5.41) is 11.4. The number of carbonyl (C=O) groups is 2. The highest BCUT2D eigenvalue weighted by Gasteiger charge is 2.18. The predicted molar refractivity (Wildman–Crippen MR) is 70.8 cm³/mol. The first-order chi connectivity index (χ1) is 9.13. The Labute approximate surface area is 112 Å². The van der Waals surface area contributed by atoms with E-state index in [9.17, 15) is 9.59 Å². The minimum absolute atomic E-state index is 0.0136. The number of carboxylic acid groups (broad SMARTS) is 1. The summed E-state index contributed by atoms with van der Waals surface area (Å²) in [4.78, 5) is 26.3. The van der Waals surface area contributed by atoms with E-state index >= 15 is 0 Å². The number of hydrogen-bond acceptors (Lipinski definition) is 3. The number of amides is 1. The van der Waals surface area contributed by atoms with E-state index in [2.05, 4.69) is 10.3 Å². The molecule has 0 unspecified atom stereocenters. The van der Waals surface area contributed by atoms with E-state index in [0.29, 0.717) is 23.7 Å². The average molecular weight is 262 g/mol. The van der Waals surface area contributed by atoms with Crippen molar-refractivity contribution in [3.05, 3.63) is 24.0 Å². The van der Waals surface area contributed by atoms with Gasteiger partial charge in [-0.05, 0) is 30.9 Å². The van der Waals surface area contributed by atoms with Crippen LogP contribution in [0.4, 0.5) is 5.69 Å². The molecule has 19 heavy (non-hydrogen) atoms. The quantitative estimate of drug-likeness (QED) is 0.852. The number of aliphatic carboxylic acids is 1. The second kappa shape index (κ2) is 6.31. The lowest BCUT2D eigenvalue weighted by molar-refractivity contribution is -0.136. The highest BCUT2D eigenvalue weighted by Crippen LogP contribution is 2.27. The number of nitrogens with one attached hydrogen (secondary N) is 1. The topological polar surface area (TPSA) is 79.3 Å². The van der Waals surface area contributed by atoms with Gasteiger partial charge in [0.05, 0.1) is 24.0 Å². The Morgan fingerprint density at radius 1 is 1.32 bits per heavy atom. The number of aromatic nitrogens is 1. The van der Waals surface area contributed by atoms with Crippen molar-refractivity contribution in [1.29, 1.82) is 0 Å². The van der Waals surface area contributed by atoms with Crippen LogP contribution in [0.5, 0.6) is 0 Å². The smallest absolute Gasteiger partial charge is 0.309 e. The predicted octanol–water partition coefficient (Wildman–Crippen LogP) is 2.23. The van der Waals surface area contributed by atoms with Gasteiger partial charge >= 0.3 is 5.97 Å². The summed E-state index contributed by atoms with van der Waals surface area (Å²) in [6.07, 6.45) is 6.71. The molecule has 1 fully saturated rings. The van der Waals surface area contributed by atoms with Gasteiger partial charge in [-0.25, -0.2) is 0 Å². The van der Waals surface area contributed by atoms with E-state index in [1.54, 1.807) is 12.1 Å². The van der Waals surface area contributed by atoms with Crippen molar-refractivity contribution in [2.24, 2.45) is 5.92 Å². The molecule has 1 heterocycles. The van der Waals surface area contributed by atoms with E-state index in [-0.39, 0.29) is 12.3 Å². The first-order valence-electron chi connectivity index (χ1n) is 6.60.